The molecule has 0 spiro atoms. The Morgan fingerprint density at radius 2 is 2.00 bits per heavy atom. The van der Waals surface area contributed by atoms with Crippen molar-refractivity contribution in [2.24, 2.45) is 28.6 Å². The fraction of sp³-hybridized carbons (Fsp3) is 0.727. The summed E-state index contributed by atoms with van der Waals surface area (Å²) in [5.41, 5.74) is -4.67. The highest BCUT2D eigenvalue weighted by Gasteiger charge is 2.74. The summed E-state index contributed by atoms with van der Waals surface area (Å²) in [4.78, 5) is 23.3. The van der Waals surface area contributed by atoms with Crippen LogP contribution in [-0.4, -0.2) is 44.4 Å². The van der Waals surface area contributed by atoms with Gasteiger partial charge in [-0.3, -0.25) is 9.59 Å². The van der Waals surface area contributed by atoms with Crippen molar-refractivity contribution in [3.8, 4) is 0 Å². The summed E-state index contributed by atoms with van der Waals surface area (Å²) in [5, 5.41) is 31.9. The lowest BCUT2D eigenvalue weighted by Gasteiger charge is -2.62. The smallest absolute Gasteiger partial charge is 0.306 e. The number of fused-ring (bicyclic) bond motifs is 5. The van der Waals surface area contributed by atoms with Crippen LogP contribution in [0.2, 0.25) is 0 Å². The quantitative estimate of drug-likeness (QED) is 0.672. The predicted molar refractivity (Wildman–Crippen MR) is 100 cm³/mol. The molecule has 0 bridgehead atoms. The third-order valence-electron chi connectivity index (χ3n) is 8.86. The maximum atomic E-state index is 16.9. The number of ketones is 1. The molecule has 0 unspecified atom stereocenters. The van der Waals surface area contributed by atoms with Gasteiger partial charge in [-0.2, -0.15) is 0 Å². The maximum absolute atomic E-state index is 16.9. The highest BCUT2D eigenvalue weighted by molar-refractivity contribution is 6.01. The van der Waals surface area contributed by atoms with E-state index in [1.165, 1.54) is 12.2 Å². The first-order chi connectivity index (χ1) is 12.9. The Morgan fingerprint density at radius 1 is 1.32 bits per heavy atom. The van der Waals surface area contributed by atoms with Crippen LogP contribution >= 0.6 is 0 Å². The van der Waals surface area contributed by atoms with Gasteiger partial charge in [-0.25, -0.2) is 4.39 Å². The molecule has 0 aliphatic heterocycles. The Labute approximate surface area is 164 Å². The third kappa shape index (κ3) is 2.13. The molecule has 0 aromatic rings. The second kappa shape index (κ2) is 5.76. The first-order valence-corrected chi connectivity index (χ1v) is 10.2. The average molecular weight is 392 g/mol. The fourth-order valence-corrected chi connectivity index (χ4v) is 7.24. The Balaban J connectivity index is 1.81. The predicted octanol–water partition coefficient (Wildman–Crippen LogP) is 2.81. The summed E-state index contributed by atoms with van der Waals surface area (Å²) in [5.74, 6) is -2.29. The van der Waals surface area contributed by atoms with E-state index in [9.17, 15) is 24.9 Å². The number of aliphatic carboxylic acids is 1. The minimum absolute atomic E-state index is 0.00342. The van der Waals surface area contributed by atoms with Gasteiger partial charge in [0.15, 0.2) is 11.5 Å². The summed E-state index contributed by atoms with van der Waals surface area (Å²) in [7, 11) is 0. The first-order valence-electron chi connectivity index (χ1n) is 10.2. The number of allylic oxidation sites excluding steroid dienone is 4. The molecule has 0 heterocycles. The van der Waals surface area contributed by atoms with E-state index >= 15 is 4.39 Å². The Hall–Kier alpha value is -1.53. The molecule has 6 heteroatoms. The molecule has 0 amide bonds. The number of carboxylic acids is 1. The van der Waals surface area contributed by atoms with E-state index in [0.717, 1.165) is 0 Å². The number of hydrogen-bond acceptors (Lipinski definition) is 4. The van der Waals surface area contributed by atoms with Crippen molar-refractivity contribution >= 4 is 11.8 Å². The lowest BCUT2D eigenvalue weighted by atomic mass is 9.44. The Kier molecular flexibility index (Phi) is 4.07. The van der Waals surface area contributed by atoms with Crippen LogP contribution in [0.25, 0.3) is 0 Å². The van der Waals surface area contributed by atoms with E-state index in [2.05, 4.69) is 0 Å². The number of aliphatic hydroxyl groups excluding tert-OH is 1. The number of carbonyl (C=O) groups excluding carboxylic acids is 1. The number of alkyl halides is 1. The summed E-state index contributed by atoms with van der Waals surface area (Å²) < 4.78 is 16.9. The minimum Gasteiger partial charge on any atom is -0.481 e. The van der Waals surface area contributed by atoms with Crippen LogP contribution in [0.1, 0.15) is 52.9 Å². The molecular weight excluding hydrogens is 363 g/mol. The number of halogens is 1. The lowest BCUT2D eigenvalue weighted by Crippen LogP contribution is -2.68. The van der Waals surface area contributed by atoms with Crippen molar-refractivity contribution in [3.05, 3.63) is 23.8 Å². The summed E-state index contributed by atoms with van der Waals surface area (Å²) >= 11 is 0. The second-order valence-corrected chi connectivity index (χ2v) is 9.90. The SMILES string of the molecule is C[C@H]1C[C@H]2[C@@H]3CCC4=CC(=O)C=C[C@]4(C)[C@@]3(F)[C@@H](O)C[C@]2(C)[C@@]1(O)CC(=O)O. The van der Waals surface area contributed by atoms with E-state index in [-0.39, 0.29) is 24.0 Å². The second-order valence-electron chi connectivity index (χ2n) is 9.90. The van der Waals surface area contributed by atoms with E-state index in [1.807, 2.05) is 13.8 Å². The van der Waals surface area contributed by atoms with Crippen LogP contribution in [-0.2, 0) is 9.59 Å². The topological polar surface area (TPSA) is 94.8 Å². The van der Waals surface area contributed by atoms with E-state index in [1.54, 1.807) is 13.0 Å². The molecule has 3 fully saturated rings. The number of rotatable bonds is 2. The summed E-state index contributed by atoms with van der Waals surface area (Å²) in [6.07, 6.45) is 4.30. The molecular formula is C22H29FO5. The molecule has 28 heavy (non-hydrogen) atoms. The van der Waals surface area contributed by atoms with E-state index in [4.69, 9.17) is 0 Å². The molecule has 3 saturated carbocycles. The molecule has 4 aliphatic rings. The van der Waals surface area contributed by atoms with Crippen LogP contribution in [0.15, 0.2) is 23.8 Å². The zero-order valence-electron chi connectivity index (χ0n) is 16.6. The average Bonchev–Trinajstić information content (AvgIpc) is 2.77. The van der Waals surface area contributed by atoms with Crippen molar-refractivity contribution in [2.75, 3.05) is 0 Å². The van der Waals surface area contributed by atoms with Gasteiger partial charge in [-0.15, -0.1) is 0 Å². The highest BCUT2D eigenvalue weighted by atomic mass is 19.1. The number of carbonyl (C=O) groups is 2. The van der Waals surface area contributed by atoms with Crippen molar-refractivity contribution in [3.63, 3.8) is 0 Å². The van der Waals surface area contributed by atoms with Crippen LogP contribution in [0.4, 0.5) is 4.39 Å². The fourth-order valence-electron chi connectivity index (χ4n) is 7.24. The van der Waals surface area contributed by atoms with Crippen molar-refractivity contribution in [1.29, 1.82) is 0 Å². The van der Waals surface area contributed by atoms with Crippen molar-refractivity contribution < 1.29 is 29.3 Å². The monoisotopic (exact) mass is 392 g/mol. The summed E-state index contributed by atoms with van der Waals surface area (Å²) in [6.45, 7) is 5.40. The molecule has 0 aromatic heterocycles. The number of aliphatic hydroxyl groups is 2. The Bertz CT molecular complexity index is 805. The normalized spacial score (nSPS) is 52.5. The molecule has 3 N–H and O–H groups in total. The van der Waals surface area contributed by atoms with Crippen LogP contribution in [0, 0.1) is 28.6 Å². The van der Waals surface area contributed by atoms with Gasteiger partial charge in [0.1, 0.15) is 0 Å². The summed E-state index contributed by atoms with van der Waals surface area (Å²) in [6, 6.07) is 0. The van der Waals surface area contributed by atoms with Gasteiger partial charge < -0.3 is 15.3 Å². The molecule has 8 atom stereocenters. The van der Waals surface area contributed by atoms with Crippen LogP contribution < -0.4 is 0 Å². The molecule has 0 aromatic carbocycles. The maximum Gasteiger partial charge on any atom is 0.306 e. The van der Waals surface area contributed by atoms with E-state index < -0.39 is 46.5 Å². The van der Waals surface area contributed by atoms with Gasteiger partial charge in [0.2, 0.25) is 0 Å². The van der Waals surface area contributed by atoms with Gasteiger partial charge in [-0.1, -0.05) is 25.5 Å². The van der Waals surface area contributed by atoms with Crippen molar-refractivity contribution in [2.45, 2.75) is 70.2 Å². The third-order valence-corrected chi connectivity index (χ3v) is 8.86. The van der Waals surface area contributed by atoms with Gasteiger partial charge in [0, 0.05) is 16.7 Å². The van der Waals surface area contributed by atoms with E-state index in [0.29, 0.717) is 24.8 Å². The largest absolute Gasteiger partial charge is 0.481 e. The van der Waals surface area contributed by atoms with Crippen LogP contribution in [0.5, 0.6) is 0 Å². The molecule has 0 radical (unpaired) electrons. The molecule has 4 rings (SSSR count). The minimum atomic E-state index is -1.95. The van der Waals surface area contributed by atoms with Crippen molar-refractivity contribution in [1.82, 2.24) is 0 Å². The molecule has 5 nitrogen and oxygen atoms in total. The number of hydrogen-bond donors (Lipinski definition) is 3. The Morgan fingerprint density at radius 3 is 2.64 bits per heavy atom. The van der Waals surface area contributed by atoms with Gasteiger partial charge >= 0.3 is 5.97 Å². The zero-order valence-corrected chi connectivity index (χ0v) is 16.6. The van der Waals surface area contributed by atoms with Gasteiger partial charge in [0.25, 0.3) is 0 Å². The molecule has 154 valence electrons. The van der Waals surface area contributed by atoms with Gasteiger partial charge in [0.05, 0.1) is 18.1 Å². The van der Waals surface area contributed by atoms with Gasteiger partial charge in [-0.05, 0) is 56.6 Å². The molecule has 4 aliphatic carbocycles. The standard InChI is InChI=1S/C22H29FO5/c1-12-8-16-15-5-4-13-9-14(24)6-7-19(13,2)22(15,23)17(25)10-20(16,3)21(12,28)11-18(26)27/h6-7,9,12,15-17,25,28H,4-5,8,10-11H2,1-3H3,(H,26,27)/t12-,15-,16-,17-,19-,20-,21+,22-/m0/s1. The van der Waals surface area contributed by atoms with Crippen LogP contribution in [0.3, 0.4) is 0 Å². The lowest BCUT2D eigenvalue weighted by molar-refractivity contribution is -0.222. The highest BCUT2D eigenvalue weighted by Crippen LogP contribution is 2.71. The zero-order chi connectivity index (χ0) is 20.7. The first kappa shape index (κ1) is 19.8. The number of carboxylic acid groups (broad SMARTS) is 1. The molecule has 0 saturated heterocycles.